The Morgan fingerprint density at radius 1 is 1.15 bits per heavy atom. The summed E-state index contributed by atoms with van der Waals surface area (Å²) >= 11 is 1.26. The Bertz CT molecular complexity index is 922. The van der Waals surface area contributed by atoms with Gasteiger partial charge in [0.1, 0.15) is 0 Å². The summed E-state index contributed by atoms with van der Waals surface area (Å²) in [4.78, 5) is 24.2. The van der Waals surface area contributed by atoms with Gasteiger partial charge in [0.15, 0.2) is 5.16 Å². The molecule has 0 radical (unpaired) electrons. The number of nitrogens with zero attached hydrogens (tertiary/aromatic N) is 2. The van der Waals surface area contributed by atoms with Crippen molar-refractivity contribution in [2.75, 3.05) is 5.75 Å². The third-order valence-corrected chi connectivity index (χ3v) is 5.18. The average Bonchev–Trinajstić information content (AvgIpc) is 3.05. The van der Waals surface area contributed by atoms with Crippen LogP contribution in [0.2, 0.25) is 0 Å². The number of rotatable bonds is 8. The van der Waals surface area contributed by atoms with Crippen LogP contribution >= 0.6 is 11.8 Å². The van der Waals surface area contributed by atoms with Gasteiger partial charge >= 0.3 is 5.69 Å². The fourth-order valence-corrected chi connectivity index (χ4v) is 3.52. The van der Waals surface area contributed by atoms with Crippen molar-refractivity contribution in [3.63, 3.8) is 0 Å². The van der Waals surface area contributed by atoms with Crippen LogP contribution in [0.3, 0.4) is 0 Å². The Hall–Kier alpha value is -2.80. The van der Waals surface area contributed by atoms with Crippen LogP contribution in [0.15, 0.2) is 70.6 Å². The fraction of sp³-hybridized carbons (Fsp3) is 0.250. The zero-order chi connectivity index (χ0) is 19.1. The van der Waals surface area contributed by atoms with Crippen LogP contribution in [-0.4, -0.2) is 26.4 Å². The van der Waals surface area contributed by atoms with Gasteiger partial charge in [-0.15, -0.1) is 5.10 Å². The molecular weight excluding hydrogens is 360 g/mol. The van der Waals surface area contributed by atoms with Crippen molar-refractivity contribution in [3.8, 4) is 0 Å². The van der Waals surface area contributed by atoms with Gasteiger partial charge in [0, 0.05) is 6.54 Å². The van der Waals surface area contributed by atoms with Crippen LogP contribution in [0, 0.1) is 0 Å². The lowest BCUT2D eigenvalue weighted by Crippen LogP contribution is -2.28. The van der Waals surface area contributed by atoms with E-state index in [9.17, 15) is 9.59 Å². The number of H-pyrrole nitrogens is 1. The Morgan fingerprint density at radius 2 is 1.81 bits per heavy atom. The van der Waals surface area contributed by atoms with Gasteiger partial charge < -0.3 is 5.32 Å². The van der Waals surface area contributed by atoms with Crippen LogP contribution in [-0.2, 0) is 17.8 Å². The number of nitrogens with one attached hydrogen (secondary N) is 2. The lowest BCUT2D eigenvalue weighted by atomic mass is 10.1. The molecule has 0 aliphatic carbocycles. The molecule has 0 aliphatic heterocycles. The molecule has 140 valence electrons. The van der Waals surface area contributed by atoms with Gasteiger partial charge in [0.2, 0.25) is 5.91 Å². The zero-order valence-corrected chi connectivity index (χ0v) is 15.9. The molecule has 0 unspecified atom stereocenters. The first-order valence-corrected chi connectivity index (χ1v) is 9.78. The summed E-state index contributed by atoms with van der Waals surface area (Å²) in [5.74, 6) is 0.105. The predicted molar refractivity (Wildman–Crippen MR) is 107 cm³/mol. The number of aromatic nitrogens is 3. The highest BCUT2D eigenvalue weighted by atomic mass is 32.2. The van der Waals surface area contributed by atoms with Crippen LogP contribution in [0.5, 0.6) is 0 Å². The summed E-state index contributed by atoms with van der Waals surface area (Å²) in [6, 6.07) is 19.7. The average molecular weight is 382 g/mol. The van der Waals surface area contributed by atoms with Crippen molar-refractivity contribution in [1.82, 2.24) is 20.1 Å². The number of amides is 1. The minimum absolute atomic E-state index is 0.0706. The molecule has 3 aromatic rings. The van der Waals surface area contributed by atoms with Crippen molar-refractivity contribution in [2.24, 2.45) is 0 Å². The summed E-state index contributed by atoms with van der Waals surface area (Å²) in [6.07, 6.45) is 0.727. The molecule has 1 atom stereocenters. The van der Waals surface area contributed by atoms with E-state index >= 15 is 0 Å². The van der Waals surface area contributed by atoms with Crippen LogP contribution in [0.1, 0.15) is 24.1 Å². The molecule has 2 N–H and O–H groups in total. The molecule has 2 aromatic carbocycles. The fourth-order valence-electron chi connectivity index (χ4n) is 2.73. The van der Waals surface area contributed by atoms with Gasteiger partial charge in [-0.25, -0.2) is 9.89 Å². The summed E-state index contributed by atoms with van der Waals surface area (Å²) in [5.41, 5.74) is 1.94. The SMILES string of the molecule is C[C@H](NC(=O)CSc1n[nH]c(=O)n1CCc1ccccc1)c1ccccc1. The first-order chi connectivity index (χ1) is 13.1. The molecule has 27 heavy (non-hydrogen) atoms. The molecule has 7 heteroatoms. The minimum atomic E-state index is -0.258. The van der Waals surface area contributed by atoms with E-state index in [2.05, 4.69) is 15.5 Å². The molecule has 3 rings (SSSR count). The summed E-state index contributed by atoms with van der Waals surface area (Å²) in [7, 11) is 0. The van der Waals surface area contributed by atoms with E-state index in [0.717, 1.165) is 17.5 Å². The van der Waals surface area contributed by atoms with Gasteiger partial charge in [-0.05, 0) is 24.5 Å². The van der Waals surface area contributed by atoms with Crippen LogP contribution in [0.4, 0.5) is 0 Å². The van der Waals surface area contributed by atoms with Gasteiger partial charge in [-0.3, -0.25) is 9.36 Å². The van der Waals surface area contributed by atoms with Crippen molar-refractivity contribution in [1.29, 1.82) is 0 Å². The molecule has 1 aromatic heterocycles. The standard InChI is InChI=1S/C20H22N4O2S/c1-15(17-10-6-3-7-11-17)21-18(25)14-27-20-23-22-19(26)24(20)13-12-16-8-4-2-5-9-16/h2-11,15H,12-14H2,1H3,(H,21,25)(H,22,26)/t15-/m0/s1. The topological polar surface area (TPSA) is 79.8 Å². The molecular formula is C20H22N4O2S. The minimum Gasteiger partial charge on any atom is -0.349 e. The van der Waals surface area contributed by atoms with Crippen LogP contribution < -0.4 is 11.0 Å². The molecule has 0 spiro atoms. The predicted octanol–water partition coefficient (Wildman–Crippen LogP) is 2.78. The monoisotopic (exact) mass is 382 g/mol. The summed E-state index contributed by atoms with van der Waals surface area (Å²) in [6.45, 7) is 2.46. The highest BCUT2D eigenvalue weighted by molar-refractivity contribution is 7.99. The third-order valence-electron chi connectivity index (χ3n) is 4.20. The molecule has 0 bridgehead atoms. The van der Waals surface area contributed by atoms with E-state index in [-0.39, 0.29) is 23.4 Å². The third kappa shape index (κ3) is 5.34. The van der Waals surface area contributed by atoms with Crippen molar-refractivity contribution in [2.45, 2.75) is 31.1 Å². The maximum absolute atomic E-state index is 12.2. The second kappa shape index (κ2) is 9.23. The number of benzene rings is 2. The first-order valence-electron chi connectivity index (χ1n) is 8.79. The molecule has 0 saturated carbocycles. The van der Waals surface area contributed by atoms with E-state index in [1.807, 2.05) is 67.6 Å². The summed E-state index contributed by atoms with van der Waals surface area (Å²) < 4.78 is 1.57. The number of aromatic amines is 1. The van der Waals surface area contributed by atoms with Crippen molar-refractivity contribution < 1.29 is 4.79 Å². The second-order valence-corrected chi connectivity index (χ2v) is 7.13. The number of thioether (sulfide) groups is 1. The quantitative estimate of drug-likeness (QED) is 0.587. The highest BCUT2D eigenvalue weighted by Crippen LogP contribution is 2.15. The normalized spacial score (nSPS) is 11.9. The van der Waals surface area contributed by atoms with E-state index in [4.69, 9.17) is 0 Å². The van der Waals surface area contributed by atoms with Gasteiger partial charge in [-0.2, -0.15) is 0 Å². The largest absolute Gasteiger partial charge is 0.349 e. The lowest BCUT2D eigenvalue weighted by Gasteiger charge is -2.14. The zero-order valence-electron chi connectivity index (χ0n) is 15.1. The van der Waals surface area contributed by atoms with Gasteiger partial charge in [0.25, 0.3) is 0 Å². The molecule has 1 heterocycles. The van der Waals surface area contributed by atoms with Crippen molar-refractivity contribution >= 4 is 17.7 Å². The van der Waals surface area contributed by atoms with Gasteiger partial charge in [-0.1, -0.05) is 72.4 Å². The number of carbonyl (C=O) groups excluding carboxylic acids is 1. The maximum atomic E-state index is 12.2. The maximum Gasteiger partial charge on any atom is 0.343 e. The smallest absolute Gasteiger partial charge is 0.343 e. The number of carbonyl (C=O) groups is 1. The van der Waals surface area contributed by atoms with E-state index < -0.39 is 0 Å². The molecule has 0 saturated heterocycles. The summed E-state index contributed by atoms with van der Waals surface area (Å²) in [5, 5.41) is 10.0. The molecule has 1 amide bonds. The van der Waals surface area contributed by atoms with Gasteiger partial charge in [0.05, 0.1) is 11.8 Å². The van der Waals surface area contributed by atoms with Crippen molar-refractivity contribution in [3.05, 3.63) is 82.3 Å². The molecule has 0 fully saturated rings. The molecule has 0 aliphatic rings. The Balaban J connectivity index is 1.55. The number of hydrogen-bond acceptors (Lipinski definition) is 4. The first kappa shape index (κ1) is 19.0. The van der Waals surface area contributed by atoms with Crippen LogP contribution in [0.25, 0.3) is 0 Å². The Kier molecular flexibility index (Phi) is 6.49. The molecule has 6 nitrogen and oxygen atoms in total. The van der Waals surface area contributed by atoms with E-state index in [0.29, 0.717) is 11.7 Å². The number of aryl methyl sites for hydroxylation is 1. The Labute approximate surface area is 162 Å². The second-order valence-electron chi connectivity index (χ2n) is 6.19. The number of hydrogen-bond donors (Lipinski definition) is 2. The highest BCUT2D eigenvalue weighted by Gasteiger charge is 2.13. The lowest BCUT2D eigenvalue weighted by molar-refractivity contribution is -0.119. The van der Waals surface area contributed by atoms with E-state index in [1.165, 1.54) is 11.8 Å². The Morgan fingerprint density at radius 3 is 2.52 bits per heavy atom. The van der Waals surface area contributed by atoms with E-state index in [1.54, 1.807) is 4.57 Å².